The number of pyridine rings is 1. The highest BCUT2D eigenvalue weighted by atomic mass is 16.5. The van der Waals surface area contributed by atoms with Crippen molar-refractivity contribution in [1.82, 2.24) is 15.2 Å². The van der Waals surface area contributed by atoms with E-state index in [1.807, 2.05) is 24.3 Å². The molecular weight excluding hydrogens is 320 g/mol. The third-order valence-corrected chi connectivity index (χ3v) is 4.27. The number of carbonyl (C=O) groups excluding carboxylic acids is 2. The lowest BCUT2D eigenvalue weighted by atomic mass is 10.0. The Morgan fingerprint density at radius 2 is 2.08 bits per heavy atom. The number of methoxy groups -OCH3 is 1. The van der Waals surface area contributed by atoms with Gasteiger partial charge in [-0.1, -0.05) is 18.2 Å². The van der Waals surface area contributed by atoms with Crippen LogP contribution in [0.1, 0.15) is 32.5 Å². The van der Waals surface area contributed by atoms with Crippen molar-refractivity contribution < 1.29 is 14.3 Å². The molecule has 0 radical (unpaired) electrons. The number of para-hydroxylation sites is 1. The molecule has 1 saturated heterocycles. The molecule has 3 N–H and O–H groups in total. The summed E-state index contributed by atoms with van der Waals surface area (Å²) < 4.78 is 5.44. The molecule has 25 heavy (non-hydrogen) atoms. The molecule has 1 aromatic heterocycles. The van der Waals surface area contributed by atoms with Crippen molar-refractivity contribution in [2.24, 2.45) is 5.73 Å². The van der Waals surface area contributed by atoms with Crippen LogP contribution in [0.4, 0.5) is 0 Å². The first-order valence-corrected chi connectivity index (χ1v) is 8.02. The second-order valence-electron chi connectivity index (χ2n) is 5.76. The Morgan fingerprint density at radius 3 is 2.76 bits per heavy atom. The number of nitrogens with one attached hydrogen (secondary N) is 1. The highest BCUT2D eigenvalue weighted by Gasteiger charge is 2.30. The van der Waals surface area contributed by atoms with Crippen molar-refractivity contribution in [2.75, 3.05) is 26.7 Å². The summed E-state index contributed by atoms with van der Waals surface area (Å²) in [6.45, 7) is 1.92. The summed E-state index contributed by atoms with van der Waals surface area (Å²) in [6, 6.07) is 10.6. The number of ether oxygens (including phenoxy) is 1. The van der Waals surface area contributed by atoms with Crippen molar-refractivity contribution in [3.05, 3.63) is 59.4 Å². The molecule has 1 aliphatic rings. The van der Waals surface area contributed by atoms with Crippen LogP contribution < -0.4 is 15.8 Å². The van der Waals surface area contributed by atoms with Gasteiger partial charge in [-0.25, -0.2) is 0 Å². The number of carbonyl (C=O) groups is 2. The SMILES string of the molecule is COc1ccccc1C1CNCCN1C(=O)c1ccc(C(N)=O)nc1. The summed E-state index contributed by atoms with van der Waals surface area (Å²) in [6.07, 6.45) is 1.39. The van der Waals surface area contributed by atoms with Crippen molar-refractivity contribution in [1.29, 1.82) is 0 Å². The van der Waals surface area contributed by atoms with Gasteiger partial charge in [-0.3, -0.25) is 14.6 Å². The van der Waals surface area contributed by atoms with E-state index in [0.29, 0.717) is 25.2 Å². The Balaban J connectivity index is 1.90. The van der Waals surface area contributed by atoms with Crippen LogP contribution in [-0.4, -0.2) is 48.4 Å². The monoisotopic (exact) mass is 340 g/mol. The summed E-state index contributed by atoms with van der Waals surface area (Å²) in [5.74, 6) is -0.00908. The molecule has 0 bridgehead atoms. The van der Waals surface area contributed by atoms with Crippen LogP contribution >= 0.6 is 0 Å². The van der Waals surface area contributed by atoms with E-state index in [9.17, 15) is 9.59 Å². The van der Waals surface area contributed by atoms with Crippen LogP contribution in [0.5, 0.6) is 5.75 Å². The van der Waals surface area contributed by atoms with Crippen molar-refractivity contribution in [3.63, 3.8) is 0 Å². The van der Waals surface area contributed by atoms with Crippen LogP contribution in [-0.2, 0) is 0 Å². The van der Waals surface area contributed by atoms with Gasteiger partial charge in [0, 0.05) is 31.4 Å². The number of rotatable bonds is 4. The molecule has 1 unspecified atom stereocenters. The molecule has 7 heteroatoms. The van der Waals surface area contributed by atoms with E-state index in [2.05, 4.69) is 10.3 Å². The third-order valence-electron chi connectivity index (χ3n) is 4.27. The number of benzene rings is 1. The van der Waals surface area contributed by atoms with Crippen LogP contribution in [0.2, 0.25) is 0 Å². The number of nitrogens with zero attached hydrogens (tertiary/aromatic N) is 2. The Morgan fingerprint density at radius 1 is 1.28 bits per heavy atom. The van der Waals surface area contributed by atoms with Gasteiger partial charge in [0.15, 0.2) is 0 Å². The van der Waals surface area contributed by atoms with Gasteiger partial charge in [0.1, 0.15) is 11.4 Å². The molecule has 1 aliphatic heterocycles. The van der Waals surface area contributed by atoms with E-state index in [4.69, 9.17) is 10.5 Å². The summed E-state index contributed by atoms with van der Waals surface area (Å²) in [4.78, 5) is 29.9. The molecule has 2 amide bonds. The normalized spacial score (nSPS) is 17.2. The Hall–Kier alpha value is -2.93. The molecule has 1 aromatic carbocycles. The lowest BCUT2D eigenvalue weighted by molar-refractivity contribution is 0.0631. The summed E-state index contributed by atoms with van der Waals surface area (Å²) in [5, 5.41) is 3.32. The van der Waals surface area contributed by atoms with Gasteiger partial charge in [0.2, 0.25) is 0 Å². The van der Waals surface area contributed by atoms with E-state index < -0.39 is 5.91 Å². The van der Waals surface area contributed by atoms with E-state index in [1.54, 1.807) is 18.1 Å². The van der Waals surface area contributed by atoms with Crippen molar-refractivity contribution >= 4 is 11.8 Å². The van der Waals surface area contributed by atoms with Crippen LogP contribution in [0.25, 0.3) is 0 Å². The minimum absolute atomic E-state index is 0.137. The van der Waals surface area contributed by atoms with E-state index >= 15 is 0 Å². The van der Waals surface area contributed by atoms with Gasteiger partial charge in [0.05, 0.1) is 18.7 Å². The fourth-order valence-corrected chi connectivity index (χ4v) is 3.00. The van der Waals surface area contributed by atoms with Gasteiger partial charge in [-0.05, 0) is 18.2 Å². The second-order valence-corrected chi connectivity index (χ2v) is 5.76. The van der Waals surface area contributed by atoms with E-state index in [1.165, 1.54) is 12.3 Å². The maximum atomic E-state index is 13.0. The third kappa shape index (κ3) is 3.46. The molecule has 1 fully saturated rings. The molecule has 2 heterocycles. The Kier molecular flexibility index (Phi) is 4.95. The first-order valence-electron chi connectivity index (χ1n) is 8.02. The average Bonchev–Trinajstić information content (AvgIpc) is 2.67. The summed E-state index contributed by atoms with van der Waals surface area (Å²) in [7, 11) is 1.62. The lowest BCUT2D eigenvalue weighted by Crippen LogP contribution is -2.48. The van der Waals surface area contributed by atoms with Crippen molar-refractivity contribution in [2.45, 2.75) is 6.04 Å². The molecule has 7 nitrogen and oxygen atoms in total. The summed E-state index contributed by atoms with van der Waals surface area (Å²) in [5.41, 5.74) is 6.71. The molecular formula is C18H20N4O3. The fourth-order valence-electron chi connectivity index (χ4n) is 3.00. The molecule has 1 atom stereocenters. The number of primary amides is 1. The Bertz CT molecular complexity index is 776. The lowest BCUT2D eigenvalue weighted by Gasteiger charge is -2.37. The smallest absolute Gasteiger partial charge is 0.267 e. The van der Waals surface area contributed by atoms with Gasteiger partial charge < -0.3 is 20.7 Å². The minimum atomic E-state index is -0.618. The summed E-state index contributed by atoms with van der Waals surface area (Å²) >= 11 is 0. The predicted molar refractivity (Wildman–Crippen MR) is 92.4 cm³/mol. The maximum Gasteiger partial charge on any atom is 0.267 e. The number of nitrogens with two attached hydrogens (primary N) is 1. The van der Waals surface area contributed by atoms with Crippen LogP contribution in [0.15, 0.2) is 42.6 Å². The van der Waals surface area contributed by atoms with Gasteiger partial charge in [-0.15, -0.1) is 0 Å². The molecule has 0 saturated carbocycles. The zero-order valence-electron chi connectivity index (χ0n) is 13.9. The fraction of sp³-hybridized carbons (Fsp3) is 0.278. The molecule has 2 aromatic rings. The number of amides is 2. The number of aromatic nitrogens is 1. The highest BCUT2D eigenvalue weighted by Crippen LogP contribution is 2.31. The van der Waals surface area contributed by atoms with E-state index in [-0.39, 0.29) is 17.6 Å². The van der Waals surface area contributed by atoms with Crippen LogP contribution in [0, 0.1) is 0 Å². The second kappa shape index (κ2) is 7.31. The first-order chi connectivity index (χ1) is 12.1. The number of hydrogen-bond acceptors (Lipinski definition) is 5. The standard InChI is InChI=1S/C18H20N4O3/c1-25-16-5-3-2-4-13(16)15-11-20-8-9-22(15)18(24)12-6-7-14(17(19)23)21-10-12/h2-7,10,15,20H,8-9,11H2,1H3,(H2,19,23). The largest absolute Gasteiger partial charge is 0.496 e. The van der Waals surface area contributed by atoms with Gasteiger partial charge in [-0.2, -0.15) is 0 Å². The molecule has 0 aliphatic carbocycles. The van der Waals surface area contributed by atoms with Crippen molar-refractivity contribution in [3.8, 4) is 5.75 Å². The average molecular weight is 340 g/mol. The zero-order valence-corrected chi connectivity index (χ0v) is 13.9. The molecule has 130 valence electrons. The number of piperazine rings is 1. The molecule has 3 rings (SSSR count). The van der Waals surface area contributed by atoms with Gasteiger partial charge >= 0.3 is 0 Å². The van der Waals surface area contributed by atoms with Crippen LogP contribution in [0.3, 0.4) is 0 Å². The topological polar surface area (TPSA) is 97.5 Å². The van der Waals surface area contributed by atoms with E-state index in [0.717, 1.165) is 11.3 Å². The number of hydrogen-bond donors (Lipinski definition) is 2. The van der Waals surface area contributed by atoms with Gasteiger partial charge in [0.25, 0.3) is 11.8 Å². The predicted octanol–water partition coefficient (Wildman–Crippen LogP) is 0.976. The maximum absolute atomic E-state index is 13.0. The minimum Gasteiger partial charge on any atom is -0.496 e. The quantitative estimate of drug-likeness (QED) is 0.864. The highest BCUT2D eigenvalue weighted by molar-refractivity contribution is 5.96. The molecule has 0 spiro atoms. The zero-order chi connectivity index (χ0) is 17.8. The Labute approximate surface area is 145 Å². The first kappa shape index (κ1) is 16.9.